The fourth-order valence-electron chi connectivity index (χ4n) is 3.60. The first kappa shape index (κ1) is 29.5. The number of hydrogen-bond donors (Lipinski definition) is 4. The van der Waals surface area contributed by atoms with E-state index in [1.807, 2.05) is 0 Å². The predicted octanol–water partition coefficient (Wildman–Crippen LogP) is 0.913. The average molecular weight is 487 g/mol. The topological polar surface area (TPSA) is 166 Å². The molecule has 0 aromatic heterocycles. The van der Waals surface area contributed by atoms with Gasteiger partial charge in [0.15, 0.2) is 5.54 Å². The largest absolute Gasteiger partial charge is 0.479 e. The van der Waals surface area contributed by atoms with Crippen molar-refractivity contribution in [3.8, 4) is 0 Å². The lowest BCUT2D eigenvalue weighted by Gasteiger charge is -2.44. The predicted molar refractivity (Wildman–Crippen MR) is 123 cm³/mol. The van der Waals surface area contributed by atoms with E-state index in [9.17, 15) is 34.3 Å². The number of carboxylic acids is 1. The lowest BCUT2D eigenvalue weighted by atomic mass is 9.75. The fourth-order valence-corrected chi connectivity index (χ4v) is 3.60. The number of rotatable bonds is 7. The highest BCUT2D eigenvalue weighted by molar-refractivity contribution is 6.40. The molecule has 34 heavy (non-hydrogen) atoms. The first-order valence-corrected chi connectivity index (χ1v) is 11.2. The van der Waals surface area contributed by atoms with Gasteiger partial charge in [-0.15, -0.1) is 0 Å². The molecule has 0 radical (unpaired) electrons. The molecule has 0 aliphatic carbocycles. The Morgan fingerprint density at radius 1 is 1.09 bits per heavy atom. The van der Waals surface area contributed by atoms with Gasteiger partial charge >= 0.3 is 25.3 Å². The van der Waals surface area contributed by atoms with Crippen LogP contribution >= 0.6 is 0 Å². The van der Waals surface area contributed by atoms with Crippen molar-refractivity contribution < 1.29 is 43.8 Å². The highest BCUT2D eigenvalue weighted by Gasteiger charge is 2.49. The van der Waals surface area contributed by atoms with Crippen LogP contribution in [-0.2, 0) is 19.1 Å². The Labute approximate surface area is 200 Å². The second-order valence-corrected chi connectivity index (χ2v) is 10.8. The first-order chi connectivity index (χ1) is 15.3. The van der Waals surface area contributed by atoms with Crippen LogP contribution in [0.15, 0.2) is 0 Å². The number of amides is 3. The number of hydrogen-bond acceptors (Lipinski definition) is 8. The van der Waals surface area contributed by atoms with Gasteiger partial charge in [0.25, 0.3) is 0 Å². The zero-order valence-electron chi connectivity index (χ0n) is 21.1. The van der Waals surface area contributed by atoms with Crippen LogP contribution in [0, 0.1) is 5.92 Å². The van der Waals surface area contributed by atoms with Crippen molar-refractivity contribution >= 4 is 31.2 Å². The van der Waals surface area contributed by atoms with Gasteiger partial charge in [-0.3, -0.25) is 4.79 Å². The summed E-state index contributed by atoms with van der Waals surface area (Å²) in [6.07, 6.45) is -1.54. The molecule has 1 fully saturated rings. The quantitative estimate of drug-likeness (QED) is 0.382. The fraction of sp³-hybridized carbons (Fsp3) is 0.810. The van der Waals surface area contributed by atoms with Crippen LogP contribution in [0.2, 0.25) is 6.32 Å². The van der Waals surface area contributed by atoms with Gasteiger partial charge in [0.05, 0.1) is 6.54 Å². The minimum Gasteiger partial charge on any atom is -0.479 e. The van der Waals surface area contributed by atoms with Gasteiger partial charge in [-0.25, -0.2) is 14.4 Å². The van der Waals surface area contributed by atoms with Crippen molar-refractivity contribution in [2.24, 2.45) is 5.92 Å². The molecule has 0 saturated carbocycles. The smallest absolute Gasteiger partial charge is 0.451 e. The van der Waals surface area contributed by atoms with E-state index >= 15 is 0 Å². The van der Waals surface area contributed by atoms with Crippen molar-refractivity contribution in [1.82, 2.24) is 15.1 Å². The summed E-state index contributed by atoms with van der Waals surface area (Å²) in [7, 11) is -0.207. The summed E-state index contributed by atoms with van der Waals surface area (Å²) in [5.74, 6) is -2.36. The Hall–Kier alpha value is -2.54. The van der Waals surface area contributed by atoms with E-state index in [1.165, 1.54) is 11.9 Å². The molecule has 3 amide bonds. The molecule has 1 rings (SSSR count). The Morgan fingerprint density at radius 2 is 1.65 bits per heavy atom. The third-order valence-corrected chi connectivity index (χ3v) is 4.99. The Bertz CT molecular complexity index is 764. The molecule has 0 aromatic rings. The maximum Gasteiger partial charge on any atom is 0.451 e. The number of alkyl carbamates (subject to hydrolysis) is 1. The minimum absolute atomic E-state index is 0.0351. The Balaban J connectivity index is 3.12. The van der Waals surface area contributed by atoms with Gasteiger partial charge in [-0.05, 0) is 60.2 Å². The molecule has 0 bridgehead atoms. The number of likely N-dealkylation sites (N-methyl/N-ethyl adjacent to an activating group) is 1. The minimum atomic E-state index is -1.86. The van der Waals surface area contributed by atoms with Crippen molar-refractivity contribution in [3.63, 3.8) is 0 Å². The summed E-state index contributed by atoms with van der Waals surface area (Å²) in [6, 6.07) is 0. The molecule has 1 aliphatic heterocycles. The lowest BCUT2D eigenvalue weighted by molar-refractivity contribution is -0.151. The molecule has 1 saturated heterocycles. The van der Waals surface area contributed by atoms with Gasteiger partial charge in [-0.2, -0.15) is 0 Å². The van der Waals surface area contributed by atoms with E-state index in [1.54, 1.807) is 41.5 Å². The highest BCUT2D eigenvalue weighted by Crippen LogP contribution is 2.30. The lowest BCUT2D eigenvalue weighted by Crippen LogP contribution is -2.66. The molecule has 0 spiro atoms. The summed E-state index contributed by atoms with van der Waals surface area (Å²) >= 11 is 0. The summed E-state index contributed by atoms with van der Waals surface area (Å²) < 4.78 is 10.5. The Morgan fingerprint density at radius 3 is 2.12 bits per heavy atom. The number of nitrogens with one attached hydrogen (secondary N) is 1. The number of nitrogens with zero attached hydrogens (tertiary/aromatic N) is 2. The van der Waals surface area contributed by atoms with Crippen LogP contribution in [0.5, 0.6) is 0 Å². The van der Waals surface area contributed by atoms with Gasteiger partial charge in [0.2, 0.25) is 5.91 Å². The third-order valence-electron chi connectivity index (χ3n) is 4.99. The average Bonchev–Trinajstić information content (AvgIpc) is 2.62. The highest BCUT2D eigenvalue weighted by atomic mass is 16.6. The van der Waals surface area contributed by atoms with Crippen LogP contribution < -0.4 is 5.32 Å². The molecular weight excluding hydrogens is 449 g/mol. The van der Waals surface area contributed by atoms with E-state index in [0.29, 0.717) is 0 Å². The third kappa shape index (κ3) is 9.76. The zero-order chi connectivity index (χ0) is 26.5. The molecule has 4 N–H and O–H groups in total. The second-order valence-electron chi connectivity index (χ2n) is 10.8. The Kier molecular flexibility index (Phi) is 9.77. The zero-order valence-corrected chi connectivity index (χ0v) is 21.1. The first-order valence-electron chi connectivity index (χ1n) is 11.2. The van der Waals surface area contributed by atoms with E-state index in [4.69, 9.17) is 9.47 Å². The number of likely N-dealkylation sites (tertiary alicyclic amines) is 1. The molecular formula is C21H38BN3O9. The number of carboxylic acid groups (broad SMARTS) is 1. The molecule has 13 heteroatoms. The number of carbonyl (C=O) groups is 4. The van der Waals surface area contributed by atoms with Gasteiger partial charge in [-0.1, -0.05) is 6.42 Å². The van der Waals surface area contributed by atoms with Crippen molar-refractivity contribution in [1.29, 1.82) is 0 Å². The molecule has 0 aromatic carbocycles. The normalized spacial score (nSPS) is 20.9. The van der Waals surface area contributed by atoms with Crippen LogP contribution in [0.3, 0.4) is 0 Å². The van der Waals surface area contributed by atoms with Crippen molar-refractivity contribution in [2.45, 2.75) is 77.4 Å². The summed E-state index contributed by atoms with van der Waals surface area (Å²) in [4.78, 5) is 52.4. The van der Waals surface area contributed by atoms with Crippen molar-refractivity contribution in [2.75, 3.05) is 26.7 Å². The summed E-state index contributed by atoms with van der Waals surface area (Å²) in [6.45, 7) is 9.38. The van der Waals surface area contributed by atoms with Crippen molar-refractivity contribution in [3.05, 3.63) is 0 Å². The standard InChI is InChI=1S/C21H38BN3O9/c1-19(2,3)33-17(29)23-21(16(27)28)10-14(8-9-22(31)32)11-25(13-21)15(26)12-24(7)18(30)34-20(4,5)6/h14,31-32H,8-13H2,1-7H3,(H,23,29)(H,27,28)/t14-,21+/m0/s1. The van der Waals surface area contributed by atoms with Crippen LogP contribution in [0.25, 0.3) is 0 Å². The molecule has 12 nitrogen and oxygen atoms in total. The molecule has 1 aliphatic rings. The van der Waals surface area contributed by atoms with Crippen LogP contribution in [-0.4, -0.2) is 99.6 Å². The molecule has 1 heterocycles. The maximum absolute atomic E-state index is 13.0. The second kappa shape index (κ2) is 11.3. The van der Waals surface area contributed by atoms with Gasteiger partial charge in [0.1, 0.15) is 17.7 Å². The number of piperidine rings is 1. The van der Waals surface area contributed by atoms with E-state index in [2.05, 4.69) is 5.32 Å². The van der Waals surface area contributed by atoms with Crippen LogP contribution in [0.4, 0.5) is 9.59 Å². The summed E-state index contributed by atoms with van der Waals surface area (Å²) in [5.41, 5.74) is -3.48. The van der Waals surface area contributed by atoms with E-state index < -0.39 is 53.8 Å². The number of aliphatic carboxylic acids is 1. The van der Waals surface area contributed by atoms with E-state index in [-0.39, 0.29) is 38.8 Å². The number of ether oxygens (including phenoxy) is 2. The molecule has 194 valence electrons. The monoisotopic (exact) mass is 487 g/mol. The number of carbonyl (C=O) groups excluding carboxylic acids is 3. The summed E-state index contributed by atoms with van der Waals surface area (Å²) in [5, 5.41) is 31.0. The van der Waals surface area contributed by atoms with Crippen LogP contribution in [0.1, 0.15) is 54.4 Å². The maximum atomic E-state index is 13.0. The van der Waals surface area contributed by atoms with Gasteiger partial charge in [0, 0.05) is 13.6 Å². The SMILES string of the molecule is CN(CC(=O)N1C[C@@H](CCB(O)O)C[C@](NC(=O)OC(C)(C)C)(C(=O)O)C1)C(=O)OC(C)(C)C. The van der Waals surface area contributed by atoms with E-state index in [0.717, 1.165) is 4.90 Å². The molecule has 0 unspecified atom stereocenters. The van der Waals surface area contributed by atoms with Gasteiger partial charge < -0.3 is 39.7 Å². The molecule has 2 atom stereocenters.